The summed E-state index contributed by atoms with van der Waals surface area (Å²) in [7, 11) is 0. The highest BCUT2D eigenvalue weighted by molar-refractivity contribution is 6.30. The first kappa shape index (κ1) is 12.3. The number of carbonyl (C=O) groups is 1. The van der Waals surface area contributed by atoms with Gasteiger partial charge in [0.25, 0.3) is 5.91 Å². The molecule has 0 spiro atoms. The topological polar surface area (TPSA) is 62.2 Å². The van der Waals surface area contributed by atoms with Crippen molar-refractivity contribution >= 4 is 23.3 Å². The van der Waals surface area contributed by atoms with Crippen molar-refractivity contribution < 1.29 is 14.3 Å². The van der Waals surface area contributed by atoms with E-state index in [0.717, 1.165) is 6.07 Å². The second kappa shape index (κ2) is 5.01. The van der Waals surface area contributed by atoms with E-state index in [0.29, 0.717) is 5.02 Å². The zero-order chi connectivity index (χ0) is 13.1. The molecule has 0 saturated carbocycles. The van der Waals surface area contributed by atoms with Crippen molar-refractivity contribution in [1.82, 2.24) is 4.98 Å². The fourth-order valence-corrected chi connectivity index (χ4v) is 1.55. The largest absolute Gasteiger partial charge is 0.507 e. The van der Waals surface area contributed by atoms with Crippen LogP contribution in [0.2, 0.25) is 5.02 Å². The van der Waals surface area contributed by atoms with Crippen molar-refractivity contribution in [3.05, 3.63) is 52.9 Å². The number of hydrogen-bond acceptors (Lipinski definition) is 3. The third-order valence-electron chi connectivity index (χ3n) is 2.18. The standard InChI is InChI=1S/C12H8ClFN2O2/c13-7-4-5-15-10(6-7)16-12(18)11-8(14)2-1-3-9(11)17/h1-6,17H,(H,15,16,18). The molecule has 6 heteroatoms. The summed E-state index contributed by atoms with van der Waals surface area (Å²) in [5.41, 5.74) is -0.431. The van der Waals surface area contributed by atoms with Crippen LogP contribution in [0.15, 0.2) is 36.5 Å². The van der Waals surface area contributed by atoms with E-state index in [4.69, 9.17) is 11.6 Å². The number of aromatic hydroxyl groups is 1. The van der Waals surface area contributed by atoms with Gasteiger partial charge in [-0.1, -0.05) is 17.7 Å². The minimum absolute atomic E-state index is 0.176. The number of nitrogens with zero attached hydrogens (tertiary/aromatic N) is 1. The third-order valence-corrected chi connectivity index (χ3v) is 2.42. The van der Waals surface area contributed by atoms with E-state index < -0.39 is 23.0 Å². The van der Waals surface area contributed by atoms with Gasteiger partial charge in [-0.15, -0.1) is 0 Å². The lowest BCUT2D eigenvalue weighted by Gasteiger charge is -2.07. The molecule has 1 amide bonds. The predicted octanol–water partition coefficient (Wildman–Crippen LogP) is 2.83. The first-order valence-corrected chi connectivity index (χ1v) is 5.36. The first-order chi connectivity index (χ1) is 8.58. The van der Waals surface area contributed by atoms with Gasteiger partial charge in [-0.25, -0.2) is 9.37 Å². The normalized spacial score (nSPS) is 10.1. The molecule has 0 saturated heterocycles. The van der Waals surface area contributed by atoms with Gasteiger partial charge >= 0.3 is 0 Å². The van der Waals surface area contributed by atoms with E-state index in [1.54, 1.807) is 0 Å². The van der Waals surface area contributed by atoms with Gasteiger partial charge in [0, 0.05) is 11.2 Å². The third kappa shape index (κ3) is 2.57. The summed E-state index contributed by atoms with van der Waals surface area (Å²) in [6, 6.07) is 6.57. The van der Waals surface area contributed by atoms with Gasteiger partial charge in [0.2, 0.25) is 0 Å². The number of anilines is 1. The summed E-state index contributed by atoms with van der Waals surface area (Å²) in [5.74, 6) is -1.86. The highest BCUT2D eigenvalue weighted by atomic mass is 35.5. The molecule has 0 aliphatic rings. The fourth-order valence-electron chi connectivity index (χ4n) is 1.39. The second-order valence-corrected chi connectivity index (χ2v) is 3.88. The maximum absolute atomic E-state index is 13.4. The van der Waals surface area contributed by atoms with E-state index in [9.17, 15) is 14.3 Å². The Kier molecular flexibility index (Phi) is 3.43. The van der Waals surface area contributed by atoms with Crippen LogP contribution in [0.1, 0.15) is 10.4 Å². The van der Waals surface area contributed by atoms with Crippen LogP contribution in [-0.4, -0.2) is 16.0 Å². The highest BCUT2D eigenvalue weighted by Crippen LogP contribution is 2.21. The summed E-state index contributed by atoms with van der Waals surface area (Å²) < 4.78 is 13.4. The molecule has 0 unspecified atom stereocenters. The summed E-state index contributed by atoms with van der Waals surface area (Å²) in [5, 5.41) is 12.2. The molecule has 4 nitrogen and oxygen atoms in total. The number of aromatic nitrogens is 1. The number of halogens is 2. The monoisotopic (exact) mass is 266 g/mol. The second-order valence-electron chi connectivity index (χ2n) is 3.45. The minimum Gasteiger partial charge on any atom is -0.507 e. The highest BCUT2D eigenvalue weighted by Gasteiger charge is 2.16. The van der Waals surface area contributed by atoms with E-state index in [1.165, 1.54) is 30.5 Å². The Morgan fingerprint density at radius 2 is 2.17 bits per heavy atom. The first-order valence-electron chi connectivity index (χ1n) is 4.98. The van der Waals surface area contributed by atoms with E-state index in [1.807, 2.05) is 0 Å². The number of amides is 1. The summed E-state index contributed by atoms with van der Waals surface area (Å²) in [4.78, 5) is 15.6. The molecule has 0 bridgehead atoms. The Morgan fingerprint density at radius 3 is 2.83 bits per heavy atom. The molecule has 0 fully saturated rings. The smallest absolute Gasteiger partial charge is 0.263 e. The van der Waals surface area contributed by atoms with E-state index in [-0.39, 0.29) is 5.82 Å². The fraction of sp³-hybridized carbons (Fsp3) is 0. The number of carbonyl (C=O) groups excluding carboxylic acids is 1. The molecule has 18 heavy (non-hydrogen) atoms. The Bertz CT molecular complexity index is 584. The van der Waals surface area contributed by atoms with Crippen molar-refractivity contribution in [2.45, 2.75) is 0 Å². The molecule has 0 aliphatic heterocycles. The van der Waals surface area contributed by atoms with Crippen LogP contribution in [-0.2, 0) is 0 Å². The zero-order valence-corrected chi connectivity index (χ0v) is 9.78. The molecule has 92 valence electrons. The Labute approximate surface area is 107 Å². The SMILES string of the molecule is O=C(Nc1cc(Cl)ccn1)c1c(O)cccc1F. The molecule has 0 radical (unpaired) electrons. The summed E-state index contributed by atoms with van der Waals surface area (Å²) >= 11 is 5.72. The number of hydrogen-bond donors (Lipinski definition) is 2. The number of phenols is 1. The van der Waals surface area contributed by atoms with Crippen LogP contribution in [0.3, 0.4) is 0 Å². The number of pyridine rings is 1. The number of benzene rings is 1. The molecular formula is C12H8ClFN2O2. The molecule has 0 aliphatic carbocycles. The van der Waals surface area contributed by atoms with Gasteiger partial charge < -0.3 is 10.4 Å². The van der Waals surface area contributed by atoms with Gasteiger partial charge in [-0.3, -0.25) is 4.79 Å². The Hall–Kier alpha value is -2.14. The zero-order valence-electron chi connectivity index (χ0n) is 9.02. The maximum atomic E-state index is 13.4. The van der Waals surface area contributed by atoms with Gasteiger partial charge in [-0.2, -0.15) is 0 Å². The number of rotatable bonds is 2. The molecular weight excluding hydrogens is 259 g/mol. The summed E-state index contributed by atoms with van der Waals surface area (Å²) in [6.07, 6.45) is 1.40. The minimum atomic E-state index is -0.811. The van der Waals surface area contributed by atoms with Crippen LogP contribution in [0.4, 0.5) is 10.2 Å². The molecule has 1 aromatic carbocycles. The van der Waals surface area contributed by atoms with Crippen LogP contribution in [0.25, 0.3) is 0 Å². The summed E-state index contributed by atoms with van der Waals surface area (Å²) in [6.45, 7) is 0. The Morgan fingerprint density at radius 1 is 1.39 bits per heavy atom. The van der Waals surface area contributed by atoms with Crippen molar-refractivity contribution in [2.75, 3.05) is 5.32 Å². The van der Waals surface area contributed by atoms with Crippen molar-refractivity contribution in [2.24, 2.45) is 0 Å². The van der Waals surface area contributed by atoms with Gasteiger partial charge in [0.05, 0.1) is 0 Å². The van der Waals surface area contributed by atoms with Crippen LogP contribution >= 0.6 is 11.6 Å². The molecule has 2 N–H and O–H groups in total. The maximum Gasteiger partial charge on any atom is 0.263 e. The molecule has 2 aromatic rings. The average Bonchev–Trinajstić information content (AvgIpc) is 2.28. The predicted molar refractivity (Wildman–Crippen MR) is 65.3 cm³/mol. The molecule has 1 aromatic heterocycles. The average molecular weight is 267 g/mol. The lowest BCUT2D eigenvalue weighted by molar-refractivity contribution is 0.102. The van der Waals surface area contributed by atoms with Crippen molar-refractivity contribution in [1.29, 1.82) is 0 Å². The lowest BCUT2D eigenvalue weighted by atomic mass is 10.1. The van der Waals surface area contributed by atoms with Gasteiger partial charge in [0.15, 0.2) is 0 Å². The van der Waals surface area contributed by atoms with Crippen LogP contribution in [0.5, 0.6) is 5.75 Å². The van der Waals surface area contributed by atoms with E-state index in [2.05, 4.69) is 10.3 Å². The molecule has 2 rings (SSSR count). The number of nitrogens with one attached hydrogen (secondary N) is 1. The Balaban J connectivity index is 2.28. The lowest BCUT2D eigenvalue weighted by Crippen LogP contribution is -2.14. The molecule has 1 heterocycles. The van der Waals surface area contributed by atoms with Crippen molar-refractivity contribution in [3.8, 4) is 5.75 Å². The van der Waals surface area contributed by atoms with Crippen molar-refractivity contribution in [3.63, 3.8) is 0 Å². The van der Waals surface area contributed by atoms with Crippen LogP contribution < -0.4 is 5.32 Å². The van der Waals surface area contributed by atoms with Gasteiger partial charge in [0.1, 0.15) is 22.9 Å². The van der Waals surface area contributed by atoms with Crippen LogP contribution in [0, 0.1) is 5.82 Å². The van der Waals surface area contributed by atoms with Gasteiger partial charge in [-0.05, 0) is 24.3 Å². The quantitative estimate of drug-likeness (QED) is 0.879. The molecule has 0 atom stereocenters. The van der Waals surface area contributed by atoms with E-state index >= 15 is 0 Å². The number of phenolic OH excluding ortho intramolecular Hbond substituents is 1.